The van der Waals surface area contributed by atoms with E-state index in [0.717, 1.165) is 36.7 Å². The normalized spacial score (nSPS) is 16.4. The van der Waals surface area contributed by atoms with Gasteiger partial charge in [-0.3, -0.25) is 0 Å². The summed E-state index contributed by atoms with van der Waals surface area (Å²) in [6, 6.07) is 3.02. The van der Waals surface area contributed by atoms with Gasteiger partial charge in [0.15, 0.2) is 0 Å². The quantitative estimate of drug-likeness (QED) is 0.432. The molecule has 10 nitrogen and oxygen atoms in total. The zero-order chi connectivity index (χ0) is 23.3. The zero-order valence-electron chi connectivity index (χ0n) is 19.7. The summed E-state index contributed by atoms with van der Waals surface area (Å²) in [4.78, 5) is 22.5. The van der Waals surface area contributed by atoms with Crippen LogP contribution in [-0.4, -0.2) is 66.8 Å². The van der Waals surface area contributed by atoms with Crippen LogP contribution in [-0.2, 0) is 22.6 Å². The highest BCUT2D eigenvalue weighted by molar-refractivity contribution is 6.76. The van der Waals surface area contributed by atoms with Crippen LogP contribution in [0.1, 0.15) is 18.9 Å². The van der Waals surface area contributed by atoms with E-state index in [-0.39, 0.29) is 12.1 Å². The van der Waals surface area contributed by atoms with Crippen molar-refractivity contribution in [1.29, 1.82) is 0 Å². The second kappa shape index (κ2) is 10.3. The lowest BCUT2D eigenvalue weighted by molar-refractivity contribution is 0.0797. The fourth-order valence-corrected chi connectivity index (χ4v) is 4.34. The number of carbonyl (C=O) groups excluding carboxylic acids is 1. The van der Waals surface area contributed by atoms with Crippen LogP contribution in [0, 0.1) is 0 Å². The van der Waals surface area contributed by atoms with Crippen molar-refractivity contribution in [3.8, 4) is 11.4 Å². The van der Waals surface area contributed by atoms with Gasteiger partial charge in [0.05, 0.1) is 24.1 Å². The maximum Gasteiger partial charge on any atom is 0.407 e. The third kappa shape index (κ3) is 6.19. The lowest BCUT2D eigenvalue weighted by Gasteiger charge is -2.19. The number of nitrogens with two attached hydrogens (primary N) is 1. The summed E-state index contributed by atoms with van der Waals surface area (Å²) in [5.74, 6) is 0.910. The molecular weight excluding hydrogens is 426 g/mol. The highest BCUT2D eigenvalue weighted by atomic mass is 28.3. The summed E-state index contributed by atoms with van der Waals surface area (Å²) in [5, 5.41) is 7.02. The van der Waals surface area contributed by atoms with Crippen molar-refractivity contribution in [3.05, 3.63) is 17.8 Å². The van der Waals surface area contributed by atoms with Crippen molar-refractivity contribution >= 4 is 25.9 Å². The highest BCUT2D eigenvalue weighted by Crippen LogP contribution is 2.28. The summed E-state index contributed by atoms with van der Waals surface area (Å²) in [7, 11) is 0.395. The first-order valence-electron chi connectivity index (χ1n) is 11.1. The van der Waals surface area contributed by atoms with Crippen LogP contribution in [0.2, 0.25) is 25.7 Å². The van der Waals surface area contributed by atoms with E-state index < -0.39 is 14.2 Å². The smallest absolute Gasteiger partial charge is 0.407 e. The summed E-state index contributed by atoms with van der Waals surface area (Å²) >= 11 is 0. The molecular formula is C21H35N7O3Si. The number of aromatic nitrogens is 4. The third-order valence-electron chi connectivity index (χ3n) is 5.43. The van der Waals surface area contributed by atoms with Crippen molar-refractivity contribution in [1.82, 2.24) is 25.1 Å². The van der Waals surface area contributed by atoms with Gasteiger partial charge in [0.25, 0.3) is 0 Å². The summed E-state index contributed by atoms with van der Waals surface area (Å²) in [5.41, 5.74) is 8.77. The number of amides is 1. The molecule has 1 fully saturated rings. The predicted molar refractivity (Wildman–Crippen MR) is 127 cm³/mol. The van der Waals surface area contributed by atoms with Crippen LogP contribution in [0.25, 0.3) is 11.4 Å². The molecule has 0 saturated carbocycles. The molecule has 3 rings (SSSR count). The number of aryl methyl sites for hydroxylation is 1. The van der Waals surface area contributed by atoms with Gasteiger partial charge >= 0.3 is 6.09 Å². The lowest BCUT2D eigenvalue weighted by atomic mass is 10.1. The van der Waals surface area contributed by atoms with Gasteiger partial charge in [-0.25, -0.2) is 14.5 Å². The minimum absolute atomic E-state index is 0.189. The average molecular weight is 462 g/mol. The van der Waals surface area contributed by atoms with Crippen LogP contribution >= 0.6 is 0 Å². The van der Waals surface area contributed by atoms with Crippen molar-refractivity contribution in [2.45, 2.75) is 58.3 Å². The Morgan fingerprint density at radius 1 is 1.34 bits per heavy atom. The number of hydrogen-bond donors (Lipinski definition) is 2. The van der Waals surface area contributed by atoms with E-state index in [9.17, 15) is 4.79 Å². The summed E-state index contributed by atoms with van der Waals surface area (Å²) < 4.78 is 13.2. The largest absolute Gasteiger partial charge is 0.444 e. The van der Waals surface area contributed by atoms with Crippen LogP contribution in [0.4, 0.5) is 16.6 Å². The van der Waals surface area contributed by atoms with Crippen LogP contribution in [0.5, 0.6) is 0 Å². The summed E-state index contributed by atoms with van der Waals surface area (Å²) in [6.45, 7) is 11.4. The molecule has 11 heteroatoms. The van der Waals surface area contributed by atoms with Gasteiger partial charge in [0.1, 0.15) is 18.7 Å². The van der Waals surface area contributed by atoms with Gasteiger partial charge in [-0.2, -0.15) is 10.1 Å². The Hall–Kier alpha value is -2.66. The third-order valence-corrected chi connectivity index (χ3v) is 7.13. The number of rotatable bonds is 9. The van der Waals surface area contributed by atoms with Crippen LogP contribution in [0.15, 0.2) is 12.3 Å². The number of ether oxygens (including phenoxy) is 2. The number of nitrogen functional groups attached to an aromatic ring is 1. The molecule has 176 valence electrons. The van der Waals surface area contributed by atoms with Gasteiger partial charge in [0.2, 0.25) is 5.95 Å². The Morgan fingerprint density at radius 2 is 2.12 bits per heavy atom. The fourth-order valence-electron chi connectivity index (χ4n) is 3.59. The Morgan fingerprint density at radius 3 is 2.81 bits per heavy atom. The first-order valence-corrected chi connectivity index (χ1v) is 14.8. The van der Waals surface area contributed by atoms with E-state index in [2.05, 4.69) is 51.8 Å². The van der Waals surface area contributed by atoms with E-state index in [4.69, 9.17) is 15.2 Å². The second-order valence-corrected chi connectivity index (χ2v) is 14.8. The van der Waals surface area contributed by atoms with E-state index >= 15 is 0 Å². The number of alkyl carbamates (subject to hydrolysis) is 1. The van der Waals surface area contributed by atoms with Crippen molar-refractivity contribution in [2.75, 3.05) is 37.4 Å². The van der Waals surface area contributed by atoms with Crippen molar-refractivity contribution < 1.29 is 14.3 Å². The Bertz CT molecular complexity index is 929. The molecule has 0 aliphatic carbocycles. The highest BCUT2D eigenvalue weighted by Gasteiger charge is 2.27. The second-order valence-electron chi connectivity index (χ2n) is 9.20. The molecule has 0 radical (unpaired) electrons. The van der Waals surface area contributed by atoms with Crippen molar-refractivity contribution in [2.24, 2.45) is 0 Å². The number of anilines is 2. The SMILES string of the molecule is CCc1cnn(COCC[Si](C)(C)C)c1-c1cc(N2CC[C@@H](OC(=O)NC)C2)nc(N)n1. The maximum atomic E-state index is 11.5. The average Bonchev–Trinajstić information content (AvgIpc) is 3.36. The minimum atomic E-state index is -1.16. The molecule has 1 atom stereocenters. The van der Waals surface area contributed by atoms with Crippen molar-refractivity contribution in [3.63, 3.8) is 0 Å². The standard InChI is InChI=1S/C21H35N7O3Si/c1-6-15-12-24-28(14-30-9-10-32(3,4)5)19(15)17-11-18(26-20(22)25-17)27-8-7-16(13-27)31-21(29)23-2/h11-12,16H,6-10,13-14H2,1-5H3,(H,23,29)(H2,22,25,26)/t16-/m1/s1. The number of hydrogen-bond acceptors (Lipinski definition) is 8. The number of carbonyl (C=O) groups is 1. The Labute approximate surface area is 190 Å². The molecule has 1 aliphatic rings. The van der Waals surface area contributed by atoms with Gasteiger partial charge in [-0.05, 0) is 18.0 Å². The molecule has 1 saturated heterocycles. The van der Waals surface area contributed by atoms with Crippen LogP contribution in [0.3, 0.4) is 0 Å². The number of nitrogens with one attached hydrogen (secondary N) is 1. The fraction of sp³-hybridized carbons (Fsp3) is 0.619. The molecule has 0 spiro atoms. The molecule has 3 N–H and O–H groups in total. The summed E-state index contributed by atoms with van der Waals surface area (Å²) in [6.07, 6.45) is 2.79. The molecule has 0 bridgehead atoms. The van der Waals surface area contributed by atoms with Gasteiger partial charge < -0.3 is 25.4 Å². The van der Waals surface area contributed by atoms with E-state index in [0.29, 0.717) is 31.4 Å². The van der Waals surface area contributed by atoms with Gasteiger partial charge in [-0.1, -0.05) is 26.6 Å². The zero-order valence-corrected chi connectivity index (χ0v) is 20.7. The van der Waals surface area contributed by atoms with Gasteiger partial charge in [-0.15, -0.1) is 0 Å². The lowest BCUT2D eigenvalue weighted by Crippen LogP contribution is -2.29. The molecule has 0 unspecified atom stereocenters. The number of nitrogens with zero attached hydrogens (tertiary/aromatic N) is 5. The molecule has 32 heavy (non-hydrogen) atoms. The molecule has 2 aromatic rings. The van der Waals surface area contributed by atoms with E-state index in [1.807, 2.05) is 16.9 Å². The molecule has 0 aromatic carbocycles. The first-order chi connectivity index (χ1) is 15.2. The van der Waals surface area contributed by atoms with Gasteiger partial charge in [0, 0.05) is 40.8 Å². The van der Waals surface area contributed by atoms with Crippen LogP contribution < -0.4 is 16.0 Å². The molecule has 3 heterocycles. The molecule has 1 amide bonds. The Balaban J connectivity index is 1.79. The predicted octanol–water partition coefficient (Wildman–Crippen LogP) is 2.73. The molecule has 1 aliphatic heterocycles. The topological polar surface area (TPSA) is 120 Å². The Kier molecular flexibility index (Phi) is 7.72. The maximum absolute atomic E-state index is 11.5. The monoisotopic (exact) mass is 461 g/mol. The van der Waals surface area contributed by atoms with E-state index in [1.54, 1.807) is 7.05 Å². The first kappa shape index (κ1) is 24.0. The minimum Gasteiger partial charge on any atom is -0.444 e. The molecule has 2 aromatic heterocycles. The van der Waals surface area contributed by atoms with E-state index in [1.165, 1.54) is 0 Å².